The molecule has 0 aliphatic heterocycles. The molecule has 2 aliphatic rings. The van der Waals surface area contributed by atoms with Crippen molar-refractivity contribution in [1.82, 2.24) is 0 Å². The maximum atomic E-state index is 6.07. The zero-order chi connectivity index (χ0) is 7.14. The molecule has 2 rings (SSSR count). The van der Waals surface area contributed by atoms with Crippen LogP contribution < -0.4 is 5.73 Å². The molecule has 0 saturated heterocycles. The SMILES string of the molecule is CC[C@H]1[C@H]2CC[C@H](C2)[C@@H]1N. The molecule has 58 valence electrons. The maximum Gasteiger partial charge on any atom is 0.00982 e. The monoisotopic (exact) mass is 139 g/mol. The Morgan fingerprint density at radius 2 is 2.00 bits per heavy atom. The van der Waals surface area contributed by atoms with Crippen LogP contribution in [-0.2, 0) is 0 Å². The van der Waals surface area contributed by atoms with Crippen LogP contribution in [0.5, 0.6) is 0 Å². The number of hydrogen-bond donors (Lipinski definition) is 1. The normalized spacial score (nSPS) is 52.2. The first-order chi connectivity index (χ1) is 4.83. The fourth-order valence-electron chi connectivity index (χ4n) is 3.06. The summed E-state index contributed by atoms with van der Waals surface area (Å²) in [4.78, 5) is 0. The van der Waals surface area contributed by atoms with Crippen molar-refractivity contribution < 1.29 is 0 Å². The second-order valence-corrected chi connectivity index (χ2v) is 3.98. The highest BCUT2D eigenvalue weighted by Gasteiger charge is 2.44. The molecule has 2 bridgehead atoms. The minimum atomic E-state index is 0.559. The Balaban J connectivity index is 2.10. The first-order valence-corrected chi connectivity index (χ1v) is 4.58. The van der Waals surface area contributed by atoms with Crippen LogP contribution in [0, 0.1) is 17.8 Å². The average Bonchev–Trinajstić information content (AvgIpc) is 2.46. The van der Waals surface area contributed by atoms with Crippen LogP contribution in [-0.4, -0.2) is 6.04 Å². The molecule has 4 atom stereocenters. The van der Waals surface area contributed by atoms with E-state index in [1.165, 1.54) is 25.7 Å². The van der Waals surface area contributed by atoms with Gasteiger partial charge in [-0.05, 0) is 37.0 Å². The van der Waals surface area contributed by atoms with Gasteiger partial charge in [-0.25, -0.2) is 0 Å². The van der Waals surface area contributed by atoms with E-state index in [4.69, 9.17) is 5.73 Å². The molecular weight excluding hydrogens is 122 g/mol. The van der Waals surface area contributed by atoms with Gasteiger partial charge in [0.05, 0.1) is 0 Å². The van der Waals surface area contributed by atoms with Crippen LogP contribution in [0.4, 0.5) is 0 Å². The number of nitrogens with two attached hydrogens (primary N) is 1. The van der Waals surface area contributed by atoms with Gasteiger partial charge in [0.15, 0.2) is 0 Å². The van der Waals surface area contributed by atoms with Crippen molar-refractivity contribution in [3.63, 3.8) is 0 Å². The summed E-state index contributed by atoms with van der Waals surface area (Å²) in [6.07, 6.45) is 5.64. The summed E-state index contributed by atoms with van der Waals surface area (Å²) in [5.41, 5.74) is 6.07. The van der Waals surface area contributed by atoms with Crippen LogP contribution >= 0.6 is 0 Å². The molecule has 0 amide bonds. The highest BCUT2D eigenvalue weighted by Crippen LogP contribution is 2.48. The Labute approximate surface area is 63.0 Å². The molecule has 2 N–H and O–H groups in total. The fourth-order valence-corrected chi connectivity index (χ4v) is 3.06. The molecule has 0 unspecified atom stereocenters. The van der Waals surface area contributed by atoms with Gasteiger partial charge in [-0.1, -0.05) is 13.3 Å². The summed E-state index contributed by atoms with van der Waals surface area (Å²) in [5, 5.41) is 0. The van der Waals surface area contributed by atoms with E-state index in [2.05, 4.69) is 6.92 Å². The third-order valence-electron chi connectivity index (χ3n) is 3.63. The van der Waals surface area contributed by atoms with Crippen molar-refractivity contribution >= 4 is 0 Å². The first-order valence-electron chi connectivity index (χ1n) is 4.58. The summed E-state index contributed by atoms with van der Waals surface area (Å²) in [6.45, 7) is 2.28. The third-order valence-corrected chi connectivity index (χ3v) is 3.63. The Morgan fingerprint density at radius 3 is 2.40 bits per heavy atom. The van der Waals surface area contributed by atoms with E-state index in [-0.39, 0.29) is 0 Å². The van der Waals surface area contributed by atoms with Crippen LogP contribution in [0.15, 0.2) is 0 Å². The van der Waals surface area contributed by atoms with Gasteiger partial charge in [0.1, 0.15) is 0 Å². The number of fused-ring (bicyclic) bond motifs is 2. The summed E-state index contributed by atoms with van der Waals surface area (Å²) < 4.78 is 0. The molecule has 2 saturated carbocycles. The summed E-state index contributed by atoms with van der Waals surface area (Å²) in [6, 6.07) is 0.559. The molecule has 2 fully saturated rings. The van der Waals surface area contributed by atoms with E-state index < -0.39 is 0 Å². The smallest absolute Gasteiger partial charge is 0.00982 e. The highest BCUT2D eigenvalue weighted by molar-refractivity contribution is 4.98. The largest absolute Gasteiger partial charge is 0.327 e. The predicted molar refractivity (Wildman–Crippen MR) is 42.6 cm³/mol. The van der Waals surface area contributed by atoms with Crippen molar-refractivity contribution in [2.75, 3.05) is 0 Å². The van der Waals surface area contributed by atoms with Gasteiger partial charge in [0.2, 0.25) is 0 Å². The van der Waals surface area contributed by atoms with Gasteiger partial charge in [-0.2, -0.15) is 0 Å². The minimum absolute atomic E-state index is 0.559. The summed E-state index contributed by atoms with van der Waals surface area (Å²) in [5.74, 6) is 2.78. The van der Waals surface area contributed by atoms with Gasteiger partial charge in [0.25, 0.3) is 0 Å². The number of rotatable bonds is 1. The molecule has 1 nitrogen and oxygen atoms in total. The molecule has 2 aliphatic carbocycles. The molecule has 0 heterocycles. The van der Waals surface area contributed by atoms with E-state index in [0.29, 0.717) is 6.04 Å². The van der Waals surface area contributed by atoms with Gasteiger partial charge < -0.3 is 5.73 Å². The number of hydrogen-bond acceptors (Lipinski definition) is 1. The average molecular weight is 139 g/mol. The standard InChI is InChI=1S/C9H17N/c1-2-8-6-3-4-7(5-6)9(8)10/h6-9H,2-5,10H2,1H3/t6-,7+,8-,9-/m0/s1. The van der Waals surface area contributed by atoms with Crippen LogP contribution in [0.1, 0.15) is 32.6 Å². The van der Waals surface area contributed by atoms with Crippen LogP contribution in [0.3, 0.4) is 0 Å². The Hall–Kier alpha value is -0.0400. The lowest BCUT2D eigenvalue weighted by molar-refractivity contribution is 0.281. The van der Waals surface area contributed by atoms with Gasteiger partial charge in [-0.15, -0.1) is 0 Å². The molecule has 1 heteroatoms. The zero-order valence-electron chi connectivity index (χ0n) is 6.72. The Bertz CT molecular complexity index is 131. The first kappa shape index (κ1) is 6.66. The topological polar surface area (TPSA) is 26.0 Å². The van der Waals surface area contributed by atoms with E-state index in [1.54, 1.807) is 0 Å². The zero-order valence-corrected chi connectivity index (χ0v) is 6.72. The molecule has 0 aromatic rings. The van der Waals surface area contributed by atoms with Crippen molar-refractivity contribution in [2.45, 2.75) is 38.6 Å². The lowest BCUT2D eigenvalue weighted by Crippen LogP contribution is -2.35. The van der Waals surface area contributed by atoms with Gasteiger partial charge >= 0.3 is 0 Å². The minimum Gasteiger partial charge on any atom is -0.327 e. The van der Waals surface area contributed by atoms with E-state index in [1.807, 2.05) is 0 Å². The lowest BCUT2D eigenvalue weighted by Gasteiger charge is -2.26. The highest BCUT2D eigenvalue weighted by atomic mass is 14.7. The van der Waals surface area contributed by atoms with Gasteiger partial charge in [0, 0.05) is 6.04 Å². The van der Waals surface area contributed by atoms with Crippen molar-refractivity contribution in [3.8, 4) is 0 Å². The quantitative estimate of drug-likeness (QED) is 0.588. The van der Waals surface area contributed by atoms with E-state index in [0.717, 1.165) is 17.8 Å². The van der Waals surface area contributed by atoms with Crippen LogP contribution in [0.2, 0.25) is 0 Å². The predicted octanol–water partition coefficient (Wildman–Crippen LogP) is 1.77. The second-order valence-electron chi connectivity index (χ2n) is 3.98. The third kappa shape index (κ3) is 0.731. The fraction of sp³-hybridized carbons (Fsp3) is 1.00. The maximum absolute atomic E-state index is 6.07. The summed E-state index contributed by atoms with van der Waals surface area (Å²) >= 11 is 0. The van der Waals surface area contributed by atoms with E-state index in [9.17, 15) is 0 Å². The van der Waals surface area contributed by atoms with E-state index >= 15 is 0 Å². The molecule has 0 spiro atoms. The van der Waals surface area contributed by atoms with Crippen molar-refractivity contribution in [2.24, 2.45) is 23.5 Å². The molecular formula is C9H17N. The van der Waals surface area contributed by atoms with Crippen molar-refractivity contribution in [3.05, 3.63) is 0 Å². The van der Waals surface area contributed by atoms with Crippen molar-refractivity contribution in [1.29, 1.82) is 0 Å². The Kier molecular flexibility index (Phi) is 1.48. The van der Waals surface area contributed by atoms with Crippen LogP contribution in [0.25, 0.3) is 0 Å². The Morgan fingerprint density at radius 1 is 1.30 bits per heavy atom. The second kappa shape index (κ2) is 2.23. The summed E-state index contributed by atoms with van der Waals surface area (Å²) in [7, 11) is 0. The molecule has 0 aromatic heterocycles. The molecule has 10 heavy (non-hydrogen) atoms. The lowest BCUT2D eigenvalue weighted by atomic mass is 9.83. The van der Waals surface area contributed by atoms with Gasteiger partial charge in [-0.3, -0.25) is 0 Å². The molecule has 0 aromatic carbocycles. The molecule has 0 radical (unpaired) electrons.